The molecular weight excluding hydrogens is 402 g/mol. The van der Waals surface area contributed by atoms with Crippen molar-refractivity contribution in [2.24, 2.45) is 4.99 Å². The van der Waals surface area contributed by atoms with Crippen LogP contribution in [0.25, 0.3) is 5.52 Å². The molecule has 0 unspecified atom stereocenters. The Balaban J connectivity index is 1.40. The summed E-state index contributed by atoms with van der Waals surface area (Å²) >= 11 is 0. The van der Waals surface area contributed by atoms with Gasteiger partial charge in [-0.05, 0) is 63.4 Å². The number of rotatable bonds is 5. The molecule has 1 saturated carbocycles. The fourth-order valence-corrected chi connectivity index (χ4v) is 4.49. The molecule has 3 heterocycles. The molecule has 1 amide bonds. The summed E-state index contributed by atoms with van der Waals surface area (Å²) in [6.07, 6.45) is 5.24. The number of carbonyl (C=O) groups excluding carboxylic acids is 1. The topological polar surface area (TPSA) is 78.1 Å². The number of anilines is 1. The molecule has 1 saturated heterocycles. The molecule has 0 atom stereocenters. The third kappa shape index (κ3) is 4.10. The Morgan fingerprint density at radius 1 is 1.12 bits per heavy atom. The van der Waals surface area contributed by atoms with E-state index < -0.39 is 0 Å². The molecule has 8 heteroatoms. The van der Waals surface area contributed by atoms with E-state index in [1.165, 1.54) is 18.5 Å². The van der Waals surface area contributed by atoms with Crippen molar-refractivity contribution >= 4 is 29.1 Å². The van der Waals surface area contributed by atoms with Crippen molar-refractivity contribution in [3.8, 4) is 0 Å². The van der Waals surface area contributed by atoms with Gasteiger partial charge in [-0.1, -0.05) is 0 Å². The normalized spacial score (nSPS) is 17.7. The summed E-state index contributed by atoms with van der Waals surface area (Å²) < 4.78 is 1.78. The van der Waals surface area contributed by atoms with Crippen LogP contribution in [0.2, 0.25) is 0 Å². The standard InChI is InChI=1S/C24H29N7O/c1-16-12-20(30-10-8-29(9-11-30)19-4-5-19)6-7-21(16)27-24(25-15-32)22-13-23-18(3)26-17(2)14-31(23)28-22/h6-7,12-15,19H,4-5,8-11H2,1-3H3,(H,25,27,32). The van der Waals surface area contributed by atoms with Gasteiger partial charge in [0.1, 0.15) is 5.69 Å². The van der Waals surface area contributed by atoms with Crippen molar-refractivity contribution in [2.45, 2.75) is 39.7 Å². The van der Waals surface area contributed by atoms with E-state index in [2.05, 4.69) is 44.3 Å². The van der Waals surface area contributed by atoms with E-state index in [-0.39, 0.29) is 0 Å². The number of aliphatic imine (C=N–C) groups is 1. The van der Waals surface area contributed by atoms with Crippen molar-refractivity contribution in [3.63, 3.8) is 0 Å². The largest absolute Gasteiger partial charge is 0.369 e. The highest BCUT2D eigenvalue weighted by Crippen LogP contribution is 2.30. The Bertz CT molecular complexity index is 1190. The van der Waals surface area contributed by atoms with Crippen LogP contribution >= 0.6 is 0 Å². The maximum absolute atomic E-state index is 11.3. The maximum atomic E-state index is 11.3. The predicted octanol–water partition coefficient (Wildman–Crippen LogP) is 2.76. The number of benzene rings is 1. The number of aryl methyl sites for hydroxylation is 3. The van der Waals surface area contributed by atoms with Gasteiger partial charge in [-0.15, -0.1) is 0 Å². The summed E-state index contributed by atoms with van der Waals surface area (Å²) in [7, 11) is 0. The first-order chi connectivity index (χ1) is 15.5. The summed E-state index contributed by atoms with van der Waals surface area (Å²) in [5.74, 6) is 0.426. The molecular formula is C24H29N7O. The Morgan fingerprint density at radius 2 is 1.91 bits per heavy atom. The van der Waals surface area contributed by atoms with Gasteiger partial charge in [-0.3, -0.25) is 14.7 Å². The minimum Gasteiger partial charge on any atom is -0.369 e. The van der Waals surface area contributed by atoms with Gasteiger partial charge in [0.2, 0.25) is 6.41 Å². The number of nitrogens with zero attached hydrogens (tertiary/aromatic N) is 6. The summed E-state index contributed by atoms with van der Waals surface area (Å²) in [5, 5.41) is 7.33. The number of nitrogens with one attached hydrogen (secondary N) is 1. The monoisotopic (exact) mass is 431 g/mol. The van der Waals surface area contributed by atoms with E-state index in [9.17, 15) is 4.79 Å². The molecule has 0 bridgehead atoms. The molecule has 2 aliphatic rings. The molecule has 1 N–H and O–H groups in total. The molecule has 1 aliphatic heterocycles. The molecule has 0 radical (unpaired) electrons. The highest BCUT2D eigenvalue weighted by molar-refractivity contribution is 6.04. The van der Waals surface area contributed by atoms with Crippen LogP contribution in [0.4, 0.5) is 11.4 Å². The van der Waals surface area contributed by atoms with Crippen molar-refractivity contribution in [2.75, 3.05) is 31.1 Å². The minimum absolute atomic E-state index is 0.426. The van der Waals surface area contributed by atoms with E-state index in [0.717, 1.165) is 60.4 Å². The second kappa shape index (κ2) is 8.35. The molecule has 166 valence electrons. The van der Waals surface area contributed by atoms with Crippen LogP contribution in [0.15, 0.2) is 35.5 Å². The van der Waals surface area contributed by atoms with Crippen LogP contribution in [0.5, 0.6) is 0 Å². The van der Waals surface area contributed by atoms with Crippen molar-refractivity contribution < 1.29 is 4.79 Å². The predicted molar refractivity (Wildman–Crippen MR) is 126 cm³/mol. The van der Waals surface area contributed by atoms with Gasteiger partial charge in [0, 0.05) is 37.9 Å². The smallest absolute Gasteiger partial charge is 0.212 e. The molecule has 5 rings (SSSR count). The Kier molecular flexibility index (Phi) is 5.38. The Labute approximate surface area is 188 Å². The highest BCUT2D eigenvalue weighted by Gasteiger charge is 2.31. The van der Waals surface area contributed by atoms with Gasteiger partial charge in [-0.25, -0.2) is 9.51 Å². The fraction of sp³-hybridized carbons (Fsp3) is 0.417. The van der Waals surface area contributed by atoms with E-state index >= 15 is 0 Å². The number of amidine groups is 1. The molecule has 1 aliphatic carbocycles. The summed E-state index contributed by atoms with van der Waals surface area (Å²) in [6, 6.07) is 9.07. The van der Waals surface area contributed by atoms with Crippen molar-refractivity contribution in [3.05, 3.63) is 53.1 Å². The summed E-state index contributed by atoms with van der Waals surface area (Å²) in [5.41, 5.74) is 6.38. The number of carbonyl (C=O) groups is 1. The zero-order chi connectivity index (χ0) is 22.2. The zero-order valence-corrected chi connectivity index (χ0v) is 18.9. The first kappa shape index (κ1) is 20.6. The SMILES string of the molecule is Cc1cn2nc(C(=Nc3ccc(N4CCN(C5CC5)CC4)cc3C)NC=O)cc2c(C)n1. The molecule has 0 spiro atoms. The molecule has 1 aromatic carbocycles. The first-order valence-electron chi connectivity index (χ1n) is 11.2. The van der Waals surface area contributed by atoms with E-state index in [0.29, 0.717) is 17.9 Å². The number of amides is 1. The Hall–Kier alpha value is -3.26. The molecule has 3 aromatic rings. The third-order valence-corrected chi connectivity index (χ3v) is 6.35. The quantitative estimate of drug-likeness (QED) is 0.382. The lowest BCUT2D eigenvalue weighted by molar-refractivity contribution is -0.108. The number of piperazine rings is 1. The van der Waals surface area contributed by atoms with E-state index in [1.54, 1.807) is 4.52 Å². The average Bonchev–Trinajstić information content (AvgIpc) is 3.54. The van der Waals surface area contributed by atoms with E-state index in [4.69, 9.17) is 4.99 Å². The highest BCUT2D eigenvalue weighted by atomic mass is 16.1. The number of hydrogen-bond acceptors (Lipinski definition) is 6. The van der Waals surface area contributed by atoms with Gasteiger partial charge < -0.3 is 10.2 Å². The van der Waals surface area contributed by atoms with Crippen LogP contribution in [0.3, 0.4) is 0 Å². The Morgan fingerprint density at radius 3 is 2.59 bits per heavy atom. The second-order valence-corrected chi connectivity index (χ2v) is 8.77. The number of aromatic nitrogens is 3. The van der Waals surface area contributed by atoms with Gasteiger partial charge in [0.05, 0.1) is 28.8 Å². The molecule has 2 fully saturated rings. The second-order valence-electron chi connectivity index (χ2n) is 8.77. The summed E-state index contributed by atoms with van der Waals surface area (Å²) in [6.45, 7) is 10.3. The lowest BCUT2D eigenvalue weighted by atomic mass is 10.1. The van der Waals surface area contributed by atoms with Gasteiger partial charge in [0.25, 0.3) is 0 Å². The molecule has 8 nitrogen and oxygen atoms in total. The minimum atomic E-state index is 0.426. The first-order valence-corrected chi connectivity index (χ1v) is 11.2. The lowest BCUT2D eigenvalue weighted by Crippen LogP contribution is -2.47. The van der Waals surface area contributed by atoms with Crippen LogP contribution in [0.1, 0.15) is 35.5 Å². The van der Waals surface area contributed by atoms with Gasteiger partial charge >= 0.3 is 0 Å². The average molecular weight is 432 g/mol. The molecule has 2 aromatic heterocycles. The zero-order valence-electron chi connectivity index (χ0n) is 18.9. The van der Waals surface area contributed by atoms with Crippen LogP contribution in [-0.4, -0.2) is 64.0 Å². The van der Waals surface area contributed by atoms with E-state index in [1.807, 2.05) is 32.2 Å². The maximum Gasteiger partial charge on any atom is 0.212 e. The number of fused-ring (bicyclic) bond motifs is 1. The summed E-state index contributed by atoms with van der Waals surface area (Å²) in [4.78, 5) is 25.6. The third-order valence-electron chi connectivity index (χ3n) is 6.35. The van der Waals surface area contributed by atoms with Crippen LogP contribution < -0.4 is 10.2 Å². The van der Waals surface area contributed by atoms with Crippen molar-refractivity contribution in [1.29, 1.82) is 0 Å². The van der Waals surface area contributed by atoms with Gasteiger partial charge in [-0.2, -0.15) is 5.10 Å². The van der Waals surface area contributed by atoms with Crippen LogP contribution in [0, 0.1) is 20.8 Å². The van der Waals surface area contributed by atoms with Crippen molar-refractivity contribution in [1.82, 2.24) is 24.8 Å². The lowest BCUT2D eigenvalue weighted by Gasteiger charge is -2.36. The number of hydrogen-bond donors (Lipinski definition) is 1. The van der Waals surface area contributed by atoms with Gasteiger partial charge in [0.15, 0.2) is 5.84 Å². The fourth-order valence-electron chi connectivity index (χ4n) is 4.49. The molecule has 32 heavy (non-hydrogen) atoms. The van der Waals surface area contributed by atoms with Crippen LogP contribution in [-0.2, 0) is 4.79 Å².